The Labute approximate surface area is 224 Å². The number of hydrogen-bond donors (Lipinski definition) is 4. The Kier molecular flexibility index (Phi) is 8.91. The zero-order chi connectivity index (χ0) is 27.4. The molecule has 1 aromatic carbocycles. The Bertz CT molecular complexity index is 1040. The SMILES string of the molecule is CC(C(=O)NC(C(=O)N1C[C@@H](N)C[C@H]1C(=O)N[C@@H]1CCCc2ccccc21)C1CCCCC1)N(C)C(=O)O. The summed E-state index contributed by atoms with van der Waals surface area (Å²) in [6.07, 6.45) is 6.50. The second-order valence-corrected chi connectivity index (χ2v) is 11.1. The minimum absolute atomic E-state index is 0.0757. The molecular formula is C28H41N5O5. The van der Waals surface area contributed by atoms with Gasteiger partial charge in [-0.15, -0.1) is 0 Å². The Morgan fingerprint density at radius 3 is 2.50 bits per heavy atom. The van der Waals surface area contributed by atoms with E-state index in [1.807, 2.05) is 18.2 Å². The molecule has 0 radical (unpaired) electrons. The third-order valence-corrected chi connectivity index (χ3v) is 8.55. The van der Waals surface area contributed by atoms with Crippen LogP contribution in [0.2, 0.25) is 0 Å². The van der Waals surface area contributed by atoms with Gasteiger partial charge in [0.05, 0.1) is 6.04 Å². The first-order chi connectivity index (χ1) is 18.2. The van der Waals surface area contributed by atoms with Gasteiger partial charge in [-0.3, -0.25) is 19.3 Å². The molecule has 4 rings (SSSR count). The van der Waals surface area contributed by atoms with E-state index in [0.717, 1.165) is 61.8 Å². The average molecular weight is 528 g/mol. The second-order valence-electron chi connectivity index (χ2n) is 11.1. The monoisotopic (exact) mass is 527 g/mol. The number of nitrogens with two attached hydrogens (primary N) is 1. The van der Waals surface area contributed by atoms with Crippen LogP contribution in [-0.2, 0) is 20.8 Å². The summed E-state index contributed by atoms with van der Waals surface area (Å²) < 4.78 is 0. The van der Waals surface area contributed by atoms with Gasteiger partial charge < -0.3 is 26.4 Å². The van der Waals surface area contributed by atoms with E-state index < -0.39 is 30.1 Å². The van der Waals surface area contributed by atoms with Gasteiger partial charge in [0.1, 0.15) is 18.1 Å². The van der Waals surface area contributed by atoms with Crippen molar-refractivity contribution in [3.63, 3.8) is 0 Å². The number of nitrogens with one attached hydrogen (secondary N) is 2. The first-order valence-corrected chi connectivity index (χ1v) is 13.9. The molecule has 10 heteroatoms. The van der Waals surface area contributed by atoms with Crippen molar-refractivity contribution in [2.75, 3.05) is 13.6 Å². The molecule has 0 bridgehead atoms. The van der Waals surface area contributed by atoms with Crippen LogP contribution in [-0.4, -0.2) is 76.5 Å². The minimum atomic E-state index is -1.22. The maximum atomic E-state index is 14.0. The molecule has 1 aromatic rings. The average Bonchev–Trinajstić information content (AvgIpc) is 3.32. The molecule has 10 nitrogen and oxygen atoms in total. The highest BCUT2D eigenvalue weighted by Gasteiger charge is 2.44. The van der Waals surface area contributed by atoms with Crippen LogP contribution in [0.1, 0.15) is 75.5 Å². The highest BCUT2D eigenvalue weighted by Crippen LogP contribution is 2.32. The minimum Gasteiger partial charge on any atom is -0.465 e. The Morgan fingerprint density at radius 1 is 1.08 bits per heavy atom. The topological polar surface area (TPSA) is 145 Å². The third-order valence-electron chi connectivity index (χ3n) is 8.55. The van der Waals surface area contributed by atoms with Crippen molar-refractivity contribution in [3.8, 4) is 0 Å². The largest absolute Gasteiger partial charge is 0.465 e. The quantitative estimate of drug-likeness (QED) is 0.428. The number of aryl methyl sites for hydroxylation is 1. The number of likely N-dealkylation sites (N-methyl/N-ethyl adjacent to an activating group) is 1. The van der Waals surface area contributed by atoms with Crippen LogP contribution in [0.4, 0.5) is 4.79 Å². The molecule has 1 saturated carbocycles. The maximum absolute atomic E-state index is 14.0. The number of carboxylic acid groups (broad SMARTS) is 1. The Balaban J connectivity index is 1.52. The number of benzene rings is 1. The van der Waals surface area contributed by atoms with Gasteiger partial charge in [-0.05, 0) is 62.5 Å². The van der Waals surface area contributed by atoms with E-state index in [4.69, 9.17) is 5.73 Å². The summed E-state index contributed by atoms with van der Waals surface area (Å²) in [5.41, 5.74) is 8.63. The number of amides is 4. The van der Waals surface area contributed by atoms with Crippen molar-refractivity contribution in [3.05, 3.63) is 35.4 Å². The molecule has 2 fully saturated rings. The molecule has 38 heavy (non-hydrogen) atoms. The normalized spacial score (nSPS) is 25.1. The van der Waals surface area contributed by atoms with Gasteiger partial charge in [-0.1, -0.05) is 43.5 Å². The molecule has 2 aliphatic carbocycles. The fraction of sp³-hybridized carbons (Fsp3) is 0.643. The number of carbonyl (C=O) groups excluding carboxylic acids is 3. The number of likely N-dealkylation sites (tertiary alicyclic amines) is 1. The molecule has 5 N–H and O–H groups in total. The molecule has 1 aliphatic heterocycles. The standard InChI is InChI=1S/C28H41N5O5/c1-17(32(2)28(37)38)25(34)31-24(19-10-4-3-5-11-19)27(36)33-16-20(29)15-23(33)26(35)30-22-14-8-12-18-9-6-7-13-21(18)22/h6-7,9,13,17,19-20,22-24H,3-5,8,10-12,14-16,29H2,1-2H3,(H,30,35)(H,31,34)(H,37,38)/t17?,20-,22+,23-,24?/m0/s1. The lowest BCUT2D eigenvalue weighted by Crippen LogP contribution is -2.58. The Hall–Kier alpha value is -3.14. The first-order valence-electron chi connectivity index (χ1n) is 13.9. The van der Waals surface area contributed by atoms with E-state index in [0.29, 0.717) is 6.42 Å². The van der Waals surface area contributed by atoms with E-state index in [-0.39, 0.29) is 36.4 Å². The van der Waals surface area contributed by atoms with Crippen molar-refractivity contribution in [1.82, 2.24) is 20.4 Å². The molecule has 0 spiro atoms. The van der Waals surface area contributed by atoms with E-state index in [2.05, 4.69) is 16.7 Å². The summed E-state index contributed by atoms with van der Waals surface area (Å²) in [7, 11) is 1.33. The Morgan fingerprint density at radius 2 is 1.79 bits per heavy atom. The van der Waals surface area contributed by atoms with Crippen LogP contribution in [0.15, 0.2) is 24.3 Å². The maximum Gasteiger partial charge on any atom is 0.407 e. The molecule has 1 heterocycles. The van der Waals surface area contributed by atoms with Gasteiger partial charge in [0, 0.05) is 19.6 Å². The van der Waals surface area contributed by atoms with Crippen molar-refractivity contribution >= 4 is 23.8 Å². The van der Waals surface area contributed by atoms with Crippen LogP contribution in [0.5, 0.6) is 0 Å². The lowest BCUT2D eigenvalue weighted by Gasteiger charge is -2.36. The summed E-state index contributed by atoms with van der Waals surface area (Å²) >= 11 is 0. The molecular weight excluding hydrogens is 486 g/mol. The van der Waals surface area contributed by atoms with Crippen molar-refractivity contribution in [1.29, 1.82) is 0 Å². The van der Waals surface area contributed by atoms with Crippen molar-refractivity contribution < 1.29 is 24.3 Å². The van der Waals surface area contributed by atoms with E-state index in [1.54, 1.807) is 4.90 Å². The van der Waals surface area contributed by atoms with Gasteiger partial charge >= 0.3 is 6.09 Å². The zero-order valence-electron chi connectivity index (χ0n) is 22.4. The predicted molar refractivity (Wildman–Crippen MR) is 142 cm³/mol. The van der Waals surface area contributed by atoms with Crippen LogP contribution < -0.4 is 16.4 Å². The fourth-order valence-corrected chi connectivity index (χ4v) is 6.18. The lowest BCUT2D eigenvalue weighted by molar-refractivity contribution is -0.143. The molecule has 0 aromatic heterocycles. The molecule has 2 unspecified atom stereocenters. The number of carbonyl (C=O) groups is 4. The predicted octanol–water partition coefficient (Wildman–Crippen LogP) is 2.17. The highest BCUT2D eigenvalue weighted by atomic mass is 16.4. The number of nitrogens with zero attached hydrogens (tertiary/aromatic N) is 2. The van der Waals surface area contributed by atoms with Crippen molar-refractivity contribution in [2.24, 2.45) is 11.7 Å². The smallest absolute Gasteiger partial charge is 0.407 e. The van der Waals surface area contributed by atoms with Crippen molar-refractivity contribution in [2.45, 2.75) is 94.9 Å². The second kappa shape index (κ2) is 12.1. The van der Waals surface area contributed by atoms with E-state index >= 15 is 0 Å². The summed E-state index contributed by atoms with van der Waals surface area (Å²) in [5, 5.41) is 15.3. The van der Waals surface area contributed by atoms with Crippen LogP contribution >= 0.6 is 0 Å². The molecule has 208 valence electrons. The summed E-state index contributed by atoms with van der Waals surface area (Å²) in [6, 6.07) is 5.17. The lowest BCUT2D eigenvalue weighted by atomic mass is 9.83. The molecule has 3 aliphatic rings. The van der Waals surface area contributed by atoms with Crippen LogP contribution in [0, 0.1) is 5.92 Å². The van der Waals surface area contributed by atoms with Gasteiger partial charge in [-0.2, -0.15) is 0 Å². The number of fused-ring (bicyclic) bond motifs is 1. The van der Waals surface area contributed by atoms with Gasteiger partial charge in [0.15, 0.2) is 0 Å². The van der Waals surface area contributed by atoms with Crippen LogP contribution in [0.3, 0.4) is 0 Å². The van der Waals surface area contributed by atoms with Gasteiger partial charge in [0.2, 0.25) is 17.7 Å². The molecule has 1 saturated heterocycles. The molecule has 4 amide bonds. The van der Waals surface area contributed by atoms with Gasteiger partial charge in [-0.25, -0.2) is 4.79 Å². The van der Waals surface area contributed by atoms with E-state index in [9.17, 15) is 24.3 Å². The highest BCUT2D eigenvalue weighted by molar-refractivity contribution is 5.94. The number of rotatable bonds is 7. The third kappa shape index (κ3) is 6.11. The van der Waals surface area contributed by atoms with Gasteiger partial charge in [0.25, 0.3) is 0 Å². The van der Waals surface area contributed by atoms with Crippen LogP contribution in [0.25, 0.3) is 0 Å². The number of hydrogen-bond acceptors (Lipinski definition) is 5. The zero-order valence-corrected chi connectivity index (χ0v) is 22.4. The van der Waals surface area contributed by atoms with E-state index in [1.165, 1.54) is 19.5 Å². The molecule has 5 atom stereocenters. The summed E-state index contributed by atoms with van der Waals surface area (Å²) in [6.45, 7) is 1.73. The summed E-state index contributed by atoms with van der Waals surface area (Å²) in [5.74, 6) is -1.14. The first kappa shape index (κ1) is 27.9. The fourth-order valence-electron chi connectivity index (χ4n) is 6.18. The summed E-state index contributed by atoms with van der Waals surface area (Å²) in [4.78, 5) is 54.4.